The number of nitrogen functional groups attached to an aromatic ring is 1. The van der Waals surface area contributed by atoms with Crippen LogP contribution in [0.25, 0.3) is 0 Å². The molecule has 0 aromatic heterocycles. The molecule has 0 radical (unpaired) electrons. The summed E-state index contributed by atoms with van der Waals surface area (Å²) in [5.41, 5.74) is 6.32. The summed E-state index contributed by atoms with van der Waals surface area (Å²) in [4.78, 5) is 1.88. The SMILES string of the molecule is C=CCN(C)c1ccc(N)c(F)c1. The van der Waals surface area contributed by atoms with E-state index in [2.05, 4.69) is 6.58 Å². The molecule has 0 amide bonds. The maximum atomic E-state index is 13.0. The van der Waals surface area contributed by atoms with Crippen LogP contribution in [0, 0.1) is 5.82 Å². The van der Waals surface area contributed by atoms with Gasteiger partial charge in [0, 0.05) is 19.3 Å². The molecule has 2 N–H and O–H groups in total. The lowest BCUT2D eigenvalue weighted by Crippen LogP contribution is -2.16. The zero-order chi connectivity index (χ0) is 9.84. The average Bonchev–Trinajstić information content (AvgIpc) is 2.10. The third-order valence-electron chi connectivity index (χ3n) is 1.83. The Morgan fingerprint density at radius 2 is 2.31 bits per heavy atom. The van der Waals surface area contributed by atoms with E-state index in [9.17, 15) is 4.39 Å². The van der Waals surface area contributed by atoms with E-state index >= 15 is 0 Å². The molecule has 0 fully saturated rings. The van der Waals surface area contributed by atoms with Gasteiger partial charge in [0.1, 0.15) is 5.82 Å². The summed E-state index contributed by atoms with van der Waals surface area (Å²) in [6.45, 7) is 4.29. The molecule has 1 aromatic carbocycles. The first-order valence-electron chi connectivity index (χ1n) is 4.02. The highest BCUT2D eigenvalue weighted by Crippen LogP contribution is 2.18. The number of nitrogens with zero attached hydrogens (tertiary/aromatic N) is 1. The molecule has 0 aliphatic rings. The summed E-state index contributed by atoms with van der Waals surface area (Å²) in [7, 11) is 1.87. The van der Waals surface area contributed by atoms with E-state index in [0.717, 1.165) is 5.69 Å². The summed E-state index contributed by atoms with van der Waals surface area (Å²) in [6, 6.07) is 4.75. The Labute approximate surface area is 77.5 Å². The molecule has 0 spiro atoms. The second-order valence-electron chi connectivity index (χ2n) is 2.88. The van der Waals surface area contributed by atoms with E-state index in [1.807, 2.05) is 11.9 Å². The number of likely N-dealkylation sites (N-methyl/N-ethyl adjacent to an activating group) is 1. The molecule has 3 heteroatoms. The molecule has 13 heavy (non-hydrogen) atoms. The lowest BCUT2D eigenvalue weighted by Gasteiger charge is -2.17. The van der Waals surface area contributed by atoms with Crippen LogP contribution in [0.5, 0.6) is 0 Å². The number of halogens is 1. The summed E-state index contributed by atoms with van der Waals surface area (Å²) in [6.07, 6.45) is 1.76. The molecule has 1 aromatic rings. The molecular formula is C10H13FN2. The number of rotatable bonds is 3. The molecule has 0 bridgehead atoms. The predicted molar refractivity (Wildman–Crippen MR) is 54.3 cm³/mol. The minimum Gasteiger partial charge on any atom is -0.396 e. The Hall–Kier alpha value is -1.51. The van der Waals surface area contributed by atoms with Crippen LogP contribution in [-0.4, -0.2) is 13.6 Å². The van der Waals surface area contributed by atoms with Crippen LogP contribution in [0.1, 0.15) is 0 Å². The van der Waals surface area contributed by atoms with Gasteiger partial charge < -0.3 is 10.6 Å². The van der Waals surface area contributed by atoms with Crippen LogP contribution in [0.4, 0.5) is 15.8 Å². The molecule has 0 heterocycles. The Balaban J connectivity index is 2.89. The molecule has 1 rings (SSSR count). The molecule has 70 valence electrons. The van der Waals surface area contributed by atoms with E-state index in [1.165, 1.54) is 6.07 Å². The quantitative estimate of drug-likeness (QED) is 0.569. The van der Waals surface area contributed by atoms with Crippen molar-refractivity contribution in [3.05, 3.63) is 36.7 Å². The third-order valence-corrected chi connectivity index (χ3v) is 1.83. The van der Waals surface area contributed by atoms with Gasteiger partial charge in [-0.3, -0.25) is 0 Å². The van der Waals surface area contributed by atoms with Gasteiger partial charge in [-0.25, -0.2) is 4.39 Å². The Morgan fingerprint density at radius 1 is 1.62 bits per heavy atom. The van der Waals surface area contributed by atoms with Gasteiger partial charge in [0.05, 0.1) is 5.69 Å². The van der Waals surface area contributed by atoms with E-state index in [1.54, 1.807) is 18.2 Å². The summed E-state index contributed by atoms with van der Waals surface area (Å²) >= 11 is 0. The van der Waals surface area contributed by atoms with Gasteiger partial charge in [-0.1, -0.05) is 6.08 Å². The van der Waals surface area contributed by atoms with Crippen molar-refractivity contribution in [3.8, 4) is 0 Å². The molecule has 0 aliphatic heterocycles. The molecule has 0 saturated carbocycles. The summed E-state index contributed by atoms with van der Waals surface area (Å²) < 4.78 is 13.0. The lowest BCUT2D eigenvalue weighted by atomic mass is 10.2. The first-order valence-corrected chi connectivity index (χ1v) is 4.02. The van der Waals surface area contributed by atoms with Crippen LogP contribution in [0.2, 0.25) is 0 Å². The minimum atomic E-state index is -0.381. The van der Waals surface area contributed by atoms with Crippen molar-refractivity contribution < 1.29 is 4.39 Å². The molecule has 2 nitrogen and oxygen atoms in total. The first-order chi connectivity index (χ1) is 6.15. The predicted octanol–water partition coefficient (Wildman–Crippen LogP) is 2.03. The van der Waals surface area contributed by atoms with Crippen molar-refractivity contribution in [2.75, 3.05) is 24.2 Å². The van der Waals surface area contributed by atoms with Crippen molar-refractivity contribution >= 4 is 11.4 Å². The van der Waals surface area contributed by atoms with Gasteiger partial charge in [-0.05, 0) is 18.2 Å². The monoisotopic (exact) mass is 180 g/mol. The fourth-order valence-corrected chi connectivity index (χ4v) is 1.05. The Bertz CT molecular complexity index is 310. The minimum absolute atomic E-state index is 0.177. The van der Waals surface area contributed by atoms with E-state index < -0.39 is 0 Å². The normalized spacial score (nSPS) is 9.69. The highest BCUT2D eigenvalue weighted by Gasteiger charge is 2.02. The van der Waals surface area contributed by atoms with E-state index in [0.29, 0.717) is 6.54 Å². The zero-order valence-corrected chi connectivity index (χ0v) is 7.63. The van der Waals surface area contributed by atoms with Gasteiger partial charge in [0.25, 0.3) is 0 Å². The van der Waals surface area contributed by atoms with Gasteiger partial charge in [0.2, 0.25) is 0 Å². The Kier molecular flexibility index (Phi) is 2.90. The highest BCUT2D eigenvalue weighted by atomic mass is 19.1. The van der Waals surface area contributed by atoms with Crippen molar-refractivity contribution in [3.63, 3.8) is 0 Å². The molecule has 0 aliphatic carbocycles. The largest absolute Gasteiger partial charge is 0.396 e. The van der Waals surface area contributed by atoms with Crippen LogP contribution >= 0.6 is 0 Å². The topological polar surface area (TPSA) is 29.3 Å². The van der Waals surface area contributed by atoms with E-state index in [4.69, 9.17) is 5.73 Å². The number of nitrogens with two attached hydrogens (primary N) is 1. The molecular weight excluding hydrogens is 167 g/mol. The van der Waals surface area contributed by atoms with Crippen LogP contribution < -0.4 is 10.6 Å². The van der Waals surface area contributed by atoms with Gasteiger partial charge >= 0.3 is 0 Å². The standard InChI is InChI=1S/C10H13FN2/c1-3-6-13(2)8-4-5-10(12)9(11)7-8/h3-5,7H,1,6,12H2,2H3. The maximum Gasteiger partial charge on any atom is 0.148 e. The zero-order valence-electron chi connectivity index (χ0n) is 7.63. The highest BCUT2D eigenvalue weighted by molar-refractivity contribution is 5.53. The van der Waals surface area contributed by atoms with Crippen molar-refractivity contribution in [2.24, 2.45) is 0 Å². The maximum absolute atomic E-state index is 13.0. The summed E-state index contributed by atoms with van der Waals surface area (Å²) in [5, 5.41) is 0. The van der Waals surface area contributed by atoms with Crippen LogP contribution in [-0.2, 0) is 0 Å². The summed E-state index contributed by atoms with van der Waals surface area (Å²) in [5.74, 6) is -0.381. The van der Waals surface area contributed by atoms with Crippen LogP contribution in [0.15, 0.2) is 30.9 Å². The number of hydrogen-bond acceptors (Lipinski definition) is 2. The van der Waals surface area contributed by atoms with Gasteiger partial charge in [0.15, 0.2) is 0 Å². The molecule has 0 saturated heterocycles. The van der Waals surface area contributed by atoms with Gasteiger partial charge in [-0.15, -0.1) is 6.58 Å². The fraction of sp³-hybridized carbons (Fsp3) is 0.200. The van der Waals surface area contributed by atoms with Crippen molar-refractivity contribution in [2.45, 2.75) is 0 Å². The number of anilines is 2. The average molecular weight is 180 g/mol. The number of benzene rings is 1. The third kappa shape index (κ3) is 2.21. The lowest BCUT2D eigenvalue weighted by molar-refractivity contribution is 0.632. The van der Waals surface area contributed by atoms with Crippen LogP contribution in [0.3, 0.4) is 0 Å². The fourth-order valence-electron chi connectivity index (χ4n) is 1.05. The second kappa shape index (κ2) is 3.94. The van der Waals surface area contributed by atoms with E-state index in [-0.39, 0.29) is 11.5 Å². The molecule has 0 atom stereocenters. The first kappa shape index (κ1) is 9.58. The number of hydrogen-bond donors (Lipinski definition) is 1. The smallest absolute Gasteiger partial charge is 0.148 e. The van der Waals surface area contributed by atoms with Gasteiger partial charge in [-0.2, -0.15) is 0 Å². The Morgan fingerprint density at radius 3 is 2.85 bits per heavy atom. The second-order valence-corrected chi connectivity index (χ2v) is 2.88. The molecule has 0 unspecified atom stereocenters. The van der Waals surface area contributed by atoms with Crippen molar-refractivity contribution in [1.29, 1.82) is 0 Å². The van der Waals surface area contributed by atoms with Crippen molar-refractivity contribution in [1.82, 2.24) is 0 Å².